The summed E-state index contributed by atoms with van der Waals surface area (Å²) in [4.78, 5) is 14.4. The van der Waals surface area contributed by atoms with Gasteiger partial charge in [0.05, 0.1) is 5.69 Å². The maximum absolute atomic E-state index is 14.3. The summed E-state index contributed by atoms with van der Waals surface area (Å²) in [6.07, 6.45) is 3.89. The minimum Gasteiger partial charge on any atom is -0.369 e. The molecule has 1 fully saturated rings. The monoisotopic (exact) mass is 325 g/mol. The van der Waals surface area contributed by atoms with Gasteiger partial charge in [0.1, 0.15) is 5.82 Å². The number of benzene rings is 1. The zero-order valence-electron chi connectivity index (χ0n) is 12.9. The summed E-state index contributed by atoms with van der Waals surface area (Å²) in [5, 5.41) is 10.6. The molecular weight excluding hydrogens is 309 g/mol. The number of nitrogens with zero attached hydrogens (tertiary/aromatic N) is 4. The molecule has 4 rings (SSSR count). The van der Waals surface area contributed by atoms with Crippen molar-refractivity contribution in [3.8, 4) is 0 Å². The molecule has 6 nitrogen and oxygen atoms in total. The second kappa shape index (κ2) is 5.92. The number of carbonyl (C=O) groups excluding carboxylic acids is 1. The fourth-order valence-electron chi connectivity index (χ4n) is 2.96. The van der Waals surface area contributed by atoms with Crippen molar-refractivity contribution in [2.45, 2.75) is 12.8 Å². The lowest BCUT2D eigenvalue weighted by Crippen LogP contribution is -2.20. The molecule has 3 heterocycles. The Kier molecular flexibility index (Phi) is 3.60. The highest BCUT2D eigenvalue weighted by Gasteiger charge is 2.18. The Labute approximate surface area is 137 Å². The summed E-state index contributed by atoms with van der Waals surface area (Å²) in [7, 11) is 0. The van der Waals surface area contributed by atoms with Crippen molar-refractivity contribution in [2.75, 3.05) is 23.3 Å². The number of amides is 1. The molecule has 1 amide bonds. The van der Waals surface area contributed by atoms with Crippen molar-refractivity contribution in [3.63, 3.8) is 0 Å². The third kappa shape index (κ3) is 2.58. The molecule has 1 saturated heterocycles. The van der Waals surface area contributed by atoms with E-state index in [0.29, 0.717) is 17.3 Å². The number of fused-ring (bicyclic) bond motifs is 1. The number of halogens is 1. The Morgan fingerprint density at radius 1 is 1.12 bits per heavy atom. The molecule has 7 heteroatoms. The molecule has 24 heavy (non-hydrogen) atoms. The standard InChI is InChI=1S/C17H16FN5O/c18-13-11-12(6-7-14(13)22-8-3-4-9-22)16(24)19-17-21-20-15-5-1-2-10-23(15)17/h1-2,5-7,10-11H,3-4,8-9H2,(H,19,21,24). The molecule has 0 radical (unpaired) electrons. The average molecular weight is 325 g/mol. The number of hydrogen-bond donors (Lipinski definition) is 1. The van der Waals surface area contributed by atoms with Gasteiger partial charge in [-0.3, -0.25) is 14.5 Å². The molecule has 122 valence electrons. The second-order valence-corrected chi connectivity index (χ2v) is 5.77. The largest absolute Gasteiger partial charge is 0.369 e. The van der Waals surface area contributed by atoms with Crippen molar-refractivity contribution in [1.29, 1.82) is 0 Å². The van der Waals surface area contributed by atoms with Crippen LogP contribution in [0.2, 0.25) is 0 Å². The van der Waals surface area contributed by atoms with E-state index in [1.807, 2.05) is 17.0 Å². The van der Waals surface area contributed by atoms with E-state index in [-0.39, 0.29) is 11.4 Å². The molecule has 1 aliphatic heterocycles. The first-order valence-corrected chi connectivity index (χ1v) is 7.88. The highest BCUT2D eigenvalue weighted by atomic mass is 19.1. The Morgan fingerprint density at radius 3 is 2.75 bits per heavy atom. The molecule has 1 N–H and O–H groups in total. The molecule has 3 aromatic rings. The van der Waals surface area contributed by atoms with Gasteiger partial charge in [0.2, 0.25) is 5.95 Å². The number of nitrogens with one attached hydrogen (secondary N) is 1. The summed E-state index contributed by atoms with van der Waals surface area (Å²) in [6, 6.07) is 10.0. The van der Waals surface area contributed by atoms with Crippen LogP contribution in [0.3, 0.4) is 0 Å². The van der Waals surface area contributed by atoms with Crippen LogP contribution in [0.15, 0.2) is 42.6 Å². The zero-order valence-corrected chi connectivity index (χ0v) is 12.9. The Balaban J connectivity index is 1.57. The highest BCUT2D eigenvalue weighted by molar-refractivity contribution is 6.03. The molecule has 1 aromatic carbocycles. The first-order valence-electron chi connectivity index (χ1n) is 7.88. The number of anilines is 2. The van der Waals surface area contributed by atoms with Gasteiger partial charge in [-0.25, -0.2) is 4.39 Å². The Bertz CT molecular complexity index is 901. The van der Waals surface area contributed by atoms with Crippen molar-refractivity contribution >= 4 is 23.2 Å². The van der Waals surface area contributed by atoms with Crippen molar-refractivity contribution in [2.24, 2.45) is 0 Å². The molecule has 0 unspecified atom stereocenters. The minimum absolute atomic E-state index is 0.253. The summed E-state index contributed by atoms with van der Waals surface area (Å²) >= 11 is 0. The highest BCUT2D eigenvalue weighted by Crippen LogP contribution is 2.24. The van der Waals surface area contributed by atoms with Gasteiger partial charge in [-0.2, -0.15) is 0 Å². The molecule has 2 aromatic heterocycles. The molecule has 1 aliphatic rings. The lowest BCUT2D eigenvalue weighted by Gasteiger charge is -2.18. The van der Waals surface area contributed by atoms with Crippen LogP contribution >= 0.6 is 0 Å². The minimum atomic E-state index is -0.417. The predicted molar refractivity (Wildman–Crippen MR) is 88.8 cm³/mol. The number of carbonyl (C=O) groups is 1. The van der Waals surface area contributed by atoms with Gasteiger partial charge in [-0.05, 0) is 43.2 Å². The van der Waals surface area contributed by atoms with Crippen molar-refractivity contribution < 1.29 is 9.18 Å². The number of hydrogen-bond acceptors (Lipinski definition) is 4. The SMILES string of the molecule is O=C(Nc1nnc2ccccn12)c1ccc(N2CCCC2)c(F)c1. The molecule has 0 atom stereocenters. The molecular formula is C17H16FN5O. The summed E-state index contributed by atoms with van der Waals surface area (Å²) in [5.41, 5.74) is 1.43. The lowest BCUT2D eigenvalue weighted by molar-refractivity contribution is 0.102. The van der Waals surface area contributed by atoms with Gasteiger partial charge in [-0.1, -0.05) is 6.07 Å². The Hall–Kier alpha value is -2.96. The van der Waals surface area contributed by atoms with Crippen LogP contribution in [0.4, 0.5) is 16.0 Å². The van der Waals surface area contributed by atoms with Gasteiger partial charge < -0.3 is 4.90 Å². The van der Waals surface area contributed by atoms with E-state index in [1.165, 1.54) is 6.07 Å². The van der Waals surface area contributed by atoms with Crippen molar-refractivity contribution in [1.82, 2.24) is 14.6 Å². The maximum Gasteiger partial charge on any atom is 0.258 e. The topological polar surface area (TPSA) is 62.5 Å². The van der Waals surface area contributed by atoms with Crippen LogP contribution in [-0.4, -0.2) is 33.6 Å². The van der Waals surface area contributed by atoms with Crippen LogP contribution in [-0.2, 0) is 0 Å². The van der Waals surface area contributed by atoms with E-state index >= 15 is 0 Å². The molecule has 0 saturated carbocycles. The fraction of sp³-hybridized carbons (Fsp3) is 0.235. The summed E-state index contributed by atoms with van der Waals surface area (Å²) in [5.74, 6) is -0.490. The zero-order chi connectivity index (χ0) is 16.5. The van der Waals surface area contributed by atoms with Gasteiger partial charge in [0, 0.05) is 24.8 Å². The summed E-state index contributed by atoms with van der Waals surface area (Å²) < 4.78 is 16.0. The summed E-state index contributed by atoms with van der Waals surface area (Å²) in [6.45, 7) is 1.71. The van der Waals surface area contributed by atoms with E-state index in [4.69, 9.17) is 0 Å². The fourth-order valence-corrected chi connectivity index (χ4v) is 2.96. The third-order valence-corrected chi connectivity index (χ3v) is 4.20. The molecule has 0 aliphatic carbocycles. The van der Waals surface area contributed by atoms with E-state index in [9.17, 15) is 9.18 Å². The van der Waals surface area contributed by atoms with E-state index in [0.717, 1.165) is 25.9 Å². The number of aromatic nitrogens is 3. The molecule has 0 bridgehead atoms. The maximum atomic E-state index is 14.3. The third-order valence-electron chi connectivity index (χ3n) is 4.20. The van der Waals surface area contributed by atoms with Crippen LogP contribution in [0.1, 0.15) is 23.2 Å². The van der Waals surface area contributed by atoms with Gasteiger partial charge >= 0.3 is 0 Å². The quantitative estimate of drug-likeness (QED) is 0.804. The first kappa shape index (κ1) is 14.6. The van der Waals surface area contributed by atoms with Gasteiger partial charge in [0.15, 0.2) is 5.65 Å². The molecule has 0 spiro atoms. The predicted octanol–water partition coefficient (Wildman–Crippen LogP) is 2.72. The smallest absolute Gasteiger partial charge is 0.258 e. The average Bonchev–Trinajstić information content (AvgIpc) is 3.25. The van der Waals surface area contributed by atoms with Crippen LogP contribution in [0.5, 0.6) is 0 Å². The van der Waals surface area contributed by atoms with E-state index in [2.05, 4.69) is 15.5 Å². The van der Waals surface area contributed by atoms with E-state index in [1.54, 1.807) is 28.8 Å². The van der Waals surface area contributed by atoms with E-state index < -0.39 is 5.91 Å². The van der Waals surface area contributed by atoms with Gasteiger partial charge in [-0.15, -0.1) is 10.2 Å². The Morgan fingerprint density at radius 2 is 1.96 bits per heavy atom. The first-order chi connectivity index (χ1) is 11.7. The van der Waals surface area contributed by atoms with Crippen molar-refractivity contribution in [3.05, 3.63) is 54.0 Å². The number of rotatable bonds is 3. The van der Waals surface area contributed by atoms with Gasteiger partial charge in [0.25, 0.3) is 5.91 Å². The second-order valence-electron chi connectivity index (χ2n) is 5.77. The number of pyridine rings is 1. The normalized spacial score (nSPS) is 14.3. The lowest BCUT2D eigenvalue weighted by atomic mass is 10.1. The van der Waals surface area contributed by atoms with Crippen LogP contribution in [0, 0.1) is 5.82 Å². The van der Waals surface area contributed by atoms with Crippen LogP contribution < -0.4 is 10.2 Å². The van der Waals surface area contributed by atoms with Crippen LogP contribution in [0.25, 0.3) is 5.65 Å².